The summed E-state index contributed by atoms with van der Waals surface area (Å²) in [6.45, 7) is 1.40. The summed E-state index contributed by atoms with van der Waals surface area (Å²) >= 11 is 0. The molecule has 0 saturated carbocycles. The molecule has 10 nitrogen and oxygen atoms in total. The fraction of sp³-hybridized carbons (Fsp3) is 0.208. The van der Waals surface area contributed by atoms with Crippen LogP contribution in [0.5, 0.6) is 5.75 Å². The van der Waals surface area contributed by atoms with E-state index in [1.165, 1.54) is 12.1 Å². The lowest BCUT2D eigenvalue weighted by Gasteiger charge is -2.14. The van der Waals surface area contributed by atoms with Gasteiger partial charge in [0.05, 0.1) is 10.6 Å². The van der Waals surface area contributed by atoms with E-state index >= 15 is 0 Å². The molecule has 2 aromatic carbocycles. The number of benzene rings is 2. The molecule has 1 aliphatic rings. The van der Waals surface area contributed by atoms with Crippen molar-refractivity contribution in [3.05, 3.63) is 83.3 Å². The number of hydrogen-bond acceptors (Lipinski definition) is 7. The van der Waals surface area contributed by atoms with Crippen molar-refractivity contribution in [3.8, 4) is 5.75 Å². The average molecular weight is 497 g/mol. The molecule has 1 aliphatic carbocycles. The van der Waals surface area contributed by atoms with E-state index in [-0.39, 0.29) is 17.3 Å². The molecule has 3 aromatic rings. The van der Waals surface area contributed by atoms with Gasteiger partial charge in [-0.15, -0.1) is 0 Å². The van der Waals surface area contributed by atoms with Gasteiger partial charge in [-0.05, 0) is 44.0 Å². The zero-order valence-electron chi connectivity index (χ0n) is 18.9. The van der Waals surface area contributed by atoms with E-state index in [9.17, 15) is 18.0 Å². The van der Waals surface area contributed by atoms with Crippen LogP contribution >= 0.6 is 0 Å². The molecule has 2 amide bonds. The highest BCUT2D eigenvalue weighted by Crippen LogP contribution is 2.30. The Bertz CT molecular complexity index is 1350. The summed E-state index contributed by atoms with van der Waals surface area (Å²) in [7, 11) is -3.84. The van der Waals surface area contributed by atoms with Crippen LogP contribution in [0.15, 0.2) is 75.1 Å². The van der Waals surface area contributed by atoms with E-state index in [1.807, 2.05) is 6.07 Å². The van der Waals surface area contributed by atoms with Gasteiger partial charge in [-0.25, -0.2) is 0 Å². The number of amides is 2. The fourth-order valence-electron chi connectivity index (χ4n) is 3.65. The number of fused-ring (bicyclic) bond motifs is 1. The van der Waals surface area contributed by atoms with Crippen LogP contribution in [0.1, 0.15) is 40.3 Å². The molecule has 182 valence electrons. The second kappa shape index (κ2) is 10.4. The summed E-state index contributed by atoms with van der Waals surface area (Å²) in [5.41, 5.74) is 6.18. The molecule has 1 aromatic heterocycles. The molecule has 4 rings (SSSR count). The molecule has 0 fully saturated rings. The Morgan fingerprint density at radius 2 is 1.69 bits per heavy atom. The third-order valence-electron chi connectivity index (χ3n) is 5.31. The molecular formula is C24H24N4O6S. The first-order valence-electron chi connectivity index (χ1n) is 10.9. The van der Waals surface area contributed by atoms with E-state index < -0.39 is 21.8 Å². The van der Waals surface area contributed by atoms with Crippen LogP contribution in [-0.4, -0.2) is 32.6 Å². The molecule has 0 spiro atoms. The number of carbonyl (C=O) groups is 2. The number of sulfonamides is 1. The van der Waals surface area contributed by atoms with E-state index in [2.05, 4.69) is 20.8 Å². The quantitative estimate of drug-likeness (QED) is 0.430. The highest BCUT2D eigenvalue weighted by atomic mass is 32.2. The van der Waals surface area contributed by atoms with E-state index in [0.717, 1.165) is 0 Å². The number of rotatable bonds is 7. The monoisotopic (exact) mass is 496 g/mol. The summed E-state index contributed by atoms with van der Waals surface area (Å²) in [6, 6.07) is 16.7. The lowest BCUT2D eigenvalue weighted by molar-refractivity contribution is -0.123. The number of para-hydroxylation sites is 1. The lowest BCUT2D eigenvalue weighted by Crippen LogP contribution is -2.43. The van der Waals surface area contributed by atoms with Gasteiger partial charge in [0.25, 0.3) is 15.9 Å². The molecule has 0 unspecified atom stereocenters. The van der Waals surface area contributed by atoms with E-state index in [1.54, 1.807) is 49.4 Å². The van der Waals surface area contributed by atoms with Crippen LogP contribution < -0.4 is 20.4 Å². The van der Waals surface area contributed by atoms with E-state index in [0.29, 0.717) is 47.6 Å². The Balaban J connectivity index is 1.42. The number of hydrazone groups is 1. The van der Waals surface area contributed by atoms with Crippen LogP contribution in [0.2, 0.25) is 0 Å². The van der Waals surface area contributed by atoms with Crippen LogP contribution in [0, 0.1) is 6.92 Å². The Morgan fingerprint density at radius 3 is 2.40 bits per heavy atom. The second-order valence-electron chi connectivity index (χ2n) is 7.78. The summed E-state index contributed by atoms with van der Waals surface area (Å²) < 4.78 is 36.1. The van der Waals surface area contributed by atoms with Crippen molar-refractivity contribution in [1.82, 2.24) is 15.7 Å². The van der Waals surface area contributed by atoms with Gasteiger partial charge in [0, 0.05) is 17.5 Å². The predicted octanol–water partition coefficient (Wildman–Crippen LogP) is 2.45. The number of nitrogens with one attached hydrogen (secondary N) is 3. The highest BCUT2D eigenvalue weighted by Gasteiger charge is 2.28. The van der Waals surface area contributed by atoms with Crippen molar-refractivity contribution in [2.45, 2.75) is 31.1 Å². The van der Waals surface area contributed by atoms with Gasteiger partial charge in [0.1, 0.15) is 11.5 Å². The van der Waals surface area contributed by atoms with Crippen molar-refractivity contribution in [2.75, 3.05) is 6.61 Å². The van der Waals surface area contributed by atoms with Crippen molar-refractivity contribution in [1.29, 1.82) is 0 Å². The van der Waals surface area contributed by atoms with Gasteiger partial charge in [-0.3, -0.25) is 20.4 Å². The average Bonchev–Trinajstić information content (AvgIpc) is 3.23. The first-order chi connectivity index (χ1) is 16.8. The van der Waals surface area contributed by atoms with Gasteiger partial charge < -0.3 is 9.15 Å². The largest absolute Gasteiger partial charge is 0.484 e. The molecule has 1 heterocycles. The summed E-state index contributed by atoms with van der Waals surface area (Å²) in [6.07, 6.45) is 1.77. The first kappa shape index (κ1) is 24.0. The maximum atomic E-state index is 12.7. The molecular weight excluding hydrogens is 472 g/mol. The molecule has 0 saturated heterocycles. The smallest absolute Gasteiger partial charge is 0.305 e. The zero-order valence-corrected chi connectivity index (χ0v) is 19.7. The van der Waals surface area contributed by atoms with Crippen LogP contribution in [0.3, 0.4) is 0 Å². The Kier molecular flexibility index (Phi) is 7.16. The number of ether oxygens (including phenoxy) is 1. The molecule has 3 N–H and O–H groups in total. The lowest BCUT2D eigenvalue weighted by atomic mass is 9.93. The maximum absolute atomic E-state index is 12.7. The van der Waals surface area contributed by atoms with Gasteiger partial charge >= 0.3 is 5.91 Å². The third kappa shape index (κ3) is 5.69. The number of furan rings is 1. The summed E-state index contributed by atoms with van der Waals surface area (Å²) in [4.78, 5) is 27.0. The molecule has 11 heteroatoms. The molecule has 35 heavy (non-hydrogen) atoms. The van der Waals surface area contributed by atoms with Crippen molar-refractivity contribution in [2.24, 2.45) is 5.10 Å². The molecule has 0 radical (unpaired) electrons. The third-order valence-corrected chi connectivity index (χ3v) is 6.54. The standard InChI is InChI=1S/C24H24N4O6S/c1-16-22-19(25-28-35(31,32)18-11-6-3-7-12-18)13-8-14-20(22)34-23(16)24(30)27-26-21(29)15-33-17-9-4-2-5-10-17/h2-7,9-12,28H,8,13-15H2,1H3,(H,26,29)(H,27,30)/b25-19+. The Hall–Kier alpha value is -4.12. The summed E-state index contributed by atoms with van der Waals surface area (Å²) in [5, 5.41) is 4.13. The van der Waals surface area contributed by atoms with Crippen LogP contribution in [-0.2, 0) is 21.2 Å². The normalized spacial score (nSPS) is 14.1. The molecule has 0 atom stereocenters. The molecule has 0 aliphatic heterocycles. The predicted molar refractivity (Wildman–Crippen MR) is 127 cm³/mol. The van der Waals surface area contributed by atoms with Crippen molar-refractivity contribution >= 4 is 27.5 Å². The highest BCUT2D eigenvalue weighted by molar-refractivity contribution is 7.89. The fourth-order valence-corrected chi connectivity index (χ4v) is 4.50. The SMILES string of the molecule is Cc1c(C(=O)NNC(=O)COc2ccccc2)oc2c1/C(=N/NS(=O)(=O)c1ccccc1)CCC2. The van der Waals surface area contributed by atoms with Crippen LogP contribution in [0.4, 0.5) is 0 Å². The van der Waals surface area contributed by atoms with Gasteiger partial charge in [0.2, 0.25) is 0 Å². The topological polar surface area (TPSA) is 139 Å². The summed E-state index contributed by atoms with van der Waals surface area (Å²) in [5.74, 6) is -0.115. The van der Waals surface area contributed by atoms with Gasteiger partial charge in [-0.1, -0.05) is 36.4 Å². The minimum Gasteiger partial charge on any atom is -0.484 e. The van der Waals surface area contributed by atoms with Gasteiger partial charge in [-0.2, -0.15) is 18.4 Å². The first-order valence-corrected chi connectivity index (χ1v) is 12.4. The Labute approximate surface area is 202 Å². The minimum absolute atomic E-state index is 0.0137. The van der Waals surface area contributed by atoms with E-state index in [4.69, 9.17) is 9.15 Å². The second-order valence-corrected chi connectivity index (χ2v) is 9.44. The number of aryl methyl sites for hydroxylation is 1. The number of hydrazine groups is 1. The zero-order chi connectivity index (χ0) is 24.8. The Morgan fingerprint density at radius 1 is 1.00 bits per heavy atom. The maximum Gasteiger partial charge on any atom is 0.305 e. The van der Waals surface area contributed by atoms with Gasteiger partial charge in [0.15, 0.2) is 12.4 Å². The minimum atomic E-state index is -3.84. The number of nitrogens with zero attached hydrogens (tertiary/aromatic N) is 1. The van der Waals surface area contributed by atoms with Crippen molar-refractivity contribution in [3.63, 3.8) is 0 Å². The number of carbonyl (C=O) groups excluding carboxylic acids is 2. The number of hydrogen-bond donors (Lipinski definition) is 3. The van der Waals surface area contributed by atoms with Crippen molar-refractivity contribution < 1.29 is 27.2 Å². The van der Waals surface area contributed by atoms with Crippen LogP contribution in [0.25, 0.3) is 0 Å². The molecule has 0 bridgehead atoms.